The minimum Gasteiger partial charge on any atom is -0.398 e. The molecule has 0 spiro atoms. The molecule has 78 valence electrons. The van der Waals surface area contributed by atoms with Gasteiger partial charge in [0.1, 0.15) is 0 Å². The molecule has 0 heterocycles. The topological polar surface area (TPSA) is 52.0 Å². The molecule has 1 rings (SSSR count). The van der Waals surface area contributed by atoms with E-state index in [-0.39, 0.29) is 22.3 Å². The fraction of sp³-hybridized carbons (Fsp3) is 0.250. The van der Waals surface area contributed by atoms with E-state index in [1.165, 1.54) is 12.1 Å². The molecule has 0 aromatic heterocycles. The van der Waals surface area contributed by atoms with E-state index in [2.05, 4.69) is 15.9 Å². The minimum absolute atomic E-state index is 0.0265. The van der Waals surface area contributed by atoms with E-state index >= 15 is 0 Å². The highest BCUT2D eigenvalue weighted by Crippen LogP contribution is 2.39. The molecule has 0 saturated heterocycles. The van der Waals surface area contributed by atoms with Gasteiger partial charge >= 0.3 is 6.18 Å². The van der Waals surface area contributed by atoms with E-state index in [0.29, 0.717) is 0 Å². The molecule has 0 bridgehead atoms. The van der Waals surface area contributed by atoms with Crippen LogP contribution >= 0.6 is 15.9 Å². The lowest BCUT2D eigenvalue weighted by Gasteiger charge is -2.14. The highest BCUT2D eigenvalue weighted by atomic mass is 79.9. The monoisotopic (exact) mass is 268 g/mol. The Morgan fingerprint density at radius 3 is 2.29 bits per heavy atom. The zero-order valence-electron chi connectivity index (χ0n) is 7.03. The average Bonchev–Trinajstić information content (AvgIpc) is 2.07. The molecular weight excluding hydrogens is 261 g/mol. The fourth-order valence-corrected chi connectivity index (χ4v) is 1.72. The van der Waals surface area contributed by atoms with E-state index in [1.54, 1.807) is 0 Å². The van der Waals surface area contributed by atoms with Crippen LogP contribution in [0.4, 0.5) is 18.9 Å². The lowest BCUT2D eigenvalue weighted by Crippen LogP contribution is -2.13. The van der Waals surface area contributed by atoms with Crippen LogP contribution < -0.4 is 11.5 Å². The standard InChI is InChI=1S/C8H8BrF3N2/c9-7-5(14)2-1-4(3-13)6(7)8(10,11)12/h1-2H,3,13-14H2. The van der Waals surface area contributed by atoms with Crippen molar-refractivity contribution in [1.29, 1.82) is 0 Å². The van der Waals surface area contributed by atoms with Crippen LogP contribution in [0, 0.1) is 0 Å². The van der Waals surface area contributed by atoms with Crippen molar-refractivity contribution in [2.75, 3.05) is 5.73 Å². The molecule has 1 aromatic rings. The Kier molecular flexibility index (Phi) is 3.06. The zero-order chi connectivity index (χ0) is 10.9. The van der Waals surface area contributed by atoms with Gasteiger partial charge in [-0.25, -0.2) is 0 Å². The van der Waals surface area contributed by atoms with Gasteiger partial charge in [0.25, 0.3) is 0 Å². The first-order valence-electron chi connectivity index (χ1n) is 3.72. The predicted octanol–water partition coefficient (Wildman–Crippen LogP) is 2.51. The summed E-state index contributed by atoms with van der Waals surface area (Å²) >= 11 is 2.81. The maximum atomic E-state index is 12.5. The molecule has 0 aliphatic carbocycles. The van der Waals surface area contributed by atoms with E-state index in [4.69, 9.17) is 11.5 Å². The van der Waals surface area contributed by atoms with Gasteiger partial charge in [-0.05, 0) is 27.6 Å². The third-order valence-corrected chi connectivity index (χ3v) is 2.62. The van der Waals surface area contributed by atoms with Crippen LogP contribution in [0.3, 0.4) is 0 Å². The molecule has 2 nitrogen and oxygen atoms in total. The van der Waals surface area contributed by atoms with E-state index in [0.717, 1.165) is 0 Å². The van der Waals surface area contributed by atoms with Crippen LogP contribution in [-0.2, 0) is 12.7 Å². The second-order valence-corrected chi connectivity index (χ2v) is 3.50. The summed E-state index contributed by atoms with van der Waals surface area (Å²) in [6.07, 6.45) is -4.44. The van der Waals surface area contributed by atoms with Crippen molar-refractivity contribution in [2.45, 2.75) is 12.7 Å². The second-order valence-electron chi connectivity index (χ2n) is 2.70. The van der Waals surface area contributed by atoms with Crippen molar-refractivity contribution in [1.82, 2.24) is 0 Å². The largest absolute Gasteiger partial charge is 0.417 e. The number of nitrogen functional groups attached to an aromatic ring is 1. The van der Waals surface area contributed by atoms with E-state index in [9.17, 15) is 13.2 Å². The van der Waals surface area contributed by atoms with Crippen molar-refractivity contribution in [3.05, 3.63) is 27.7 Å². The van der Waals surface area contributed by atoms with Gasteiger partial charge in [0.2, 0.25) is 0 Å². The number of hydrogen-bond acceptors (Lipinski definition) is 2. The van der Waals surface area contributed by atoms with Crippen LogP contribution in [0.5, 0.6) is 0 Å². The average molecular weight is 269 g/mol. The summed E-state index contributed by atoms with van der Waals surface area (Å²) in [5.41, 5.74) is 9.84. The van der Waals surface area contributed by atoms with Crippen LogP contribution in [0.2, 0.25) is 0 Å². The van der Waals surface area contributed by atoms with E-state index in [1.807, 2.05) is 0 Å². The molecule has 0 unspecified atom stereocenters. The molecule has 0 atom stereocenters. The summed E-state index contributed by atoms with van der Waals surface area (Å²) in [7, 11) is 0. The third kappa shape index (κ3) is 2.01. The van der Waals surface area contributed by atoms with Crippen LogP contribution in [-0.4, -0.2) is 0 Å². The number of hydrogen-bond donors (Lipinski definition) is 2. The normalized spacial score (nSPS) is 11.8. The number of halogens is 4. The summed E-state index contributed by atoms with van der Waals surface area (Å²) in [6.45, 7) is -0.173. The van der Waals surface area contributed by atoms with Crippen molar-refractivity contribution in [3.8, 4) is 0 Å². The smallest absolute Gasteiger partial charge is 0.398 e. The Morgan fingerprint density at radius 1 is 1.29 bits per heavy atom. The first kappa shape index (κ1) is 11.3. The summed E-state index contributed by atoms with van der Waals surface area (Å²) in [5, 5.41) is 0. The molecule has 14 heavy (non-hydrogen) atoms. The van der Waals surface area contributed by atoms with Crippen molar-refractivity contribution in [3.63, 3.8) is 0 Å². The summed E-state index contributed by atoms with van der Waals surface area (Å²) in [6, 6.07) is 2.67. The van der Waals surface area contributed by atoms with Crippen LogP contribution in [0.25, 0.3) is 0 Å². The highest BCUT2D eigenvalue weighted by molar-refractivity contribution is 9.10. The Balaban J connectivity index is 3.44. The molecule has 0 fully saturated rings. The Labute approximate surface area is 87.2 Å². The number of rotatable bonds is 1. The van der Waals surface area contributed by atoms with Crippen molar-refractivity contribution >= 4 is 21.6 Å². The quantitative estimate of drug-likeness (QED) is 0.769. The van der Waals surface area contributed by atoms with Gasteiger partial charge in [0.05, 0.1) is 10.0 Å². The maximum absolute atomic E-state index is 12.5. The minimum atomic E-state index is -4.44. The lowest BCUT2D eigenvalue weighted by molar-refractivity contribution is -0.138. The van der Waals surface area contributed by atoms with Gasteiger partial charge in [0.15, 0.2) is 0 Å². The van der Waals surface area contributed by atoms with Gasteiger partial charge < -0.3 is 11.5 Å². The Bertz CT molecular complexity index is 349. The van der Waals surface area contributed by atoms with Crippen molar-refractivity contribution < 1.29 is 13.2 Å². The van der Waals surface area contributed by atoms with Crippen LogP contribution in [0.1, 0.15) is 11.1 Å². The summed E-state index contributed by atoms with van der Waals surface area (Å²) in [4.78, 5) is 0. The molecule has 0 radical (unpaired) electrons. The third-order valence-electron chi connectivity index (χ3n) is 1.76. The predicted molar refractivity (Wildman–Crippen MR) is 51.4 cm³/mol. The molecule has 0 amide bonds. The highest BCUT2D eigenvalue weighted by Gasteiger charge is 2.36. The number of anilines is 1. The second kappa shape index (κ2) is 3.78. The Morgan fingerprint density at radius 2 is 1.86 bits per heavy atom. The lowest BCUT2D eigenvalue weighted by atomic mass is 10.1. The molecule has 6 heteroatoms. The van der Waals surface area contributed by atoms with Gasteiger partial charge in [-0.1, -0.05) is 6.07 Å². The number of benzene rings is 1. The summed E-state index contributed by atoms with van der Waals surface area (Å²) in [5.74, 6) is 0. The molecule has 0 aliphatic rings. The van der Waals surface area contributed by atoms with Gasteiger partial charge in [-0.2, -0.15) is 13.2 Å². The summed E-state index contributed by atoms with van der Waals surface area (Å²) < 4.78 is 37.5. The molecule has 4 N–H and O–H groups in total. The zero-order valence-corrected chi connectivity index (χ0v) is 8.61. The number of alkyl halides is 3. The van der Waals surface area contributed by atoms with Crippen LogP contribution in [0.15, 0.2) is 16.6 Å². The molecule has 0 aliphatic heterocycles. The van der Waals surface area contributed by atoms with Gasteiger partial charge in [-0.15, -0.1) is 0 Å². The van der Waals surface area contributed by atoms with Gasteiger partial charge in [-0.3, -0.25) is 0 Å². The molecule has 1 aromatic carbocycles. The fourth-order valence-electron chi connectivity index (χ4n) is 1.11. The number of nitrogens with two attached hydrogens (primary N) is 2. The first-order valence-corrected chi connectivity index (χ1v) is 4.51. The van der Waals surface area contributed by atoms with E-state index < -0.39 is 11.7 Å². The molecular formula is C8H8BrF3N2. The SMILES string of the molecule is NCc1ccc(N)c(Br)c1C(F)(F)F. The molecule has 0 saturated carbocycles. The maximum Gasteiger partial charge on any atom is 0.417 e. The van der Waals surface area contributed by atoms with Gasteiger partial charge in [0, 0.05) is 12.2 Å². The first-order chi connectivity index (χ1) is 6.38. The Hall–Kier alpha value is -0.750. The van der Waals surface area contributed by atoms with Crippen molar-refractivity contribution in [2.24, 2.45) is 5.73 Å².